The SMILES string of the molecule is Cc1nc(NC2CC2)cc(C(=O)Nc2ccc(C#N)cc2)n1. The van der Waals surface area contributed by atoms with Gasteiger partial charge in [0.25, 0.3) is 5.91 Å². The predicted octanol–water partition coefficient (Wildman–Crippen LogP) is 2.48. The number of hydrogen-bond acceptors (Lipinski definition) is 5. The van der Waals surface area contributed by atoms with Gasteiger partial charge in [-0.1, -0.05) is 0 Å². The zero-order valence-electron chi connectivity index (χ0n) is 12.1. The van der Waals surface area contributed by atoms with Crippen molar-refractivity contribution in [3.63, 3.8) is 0 Å². The van der Waals surface area contributed by atoms with E-state index in [9.17, 15) is 4.79 Å². The van der Waals surface area contributed by atoms with E-state index in [0.29, 0.717) is 34.6 Å². The third kappa shape index (κ3) is 3.38. The summed E-state index contributed by atoms with van der Waals surface area (Å²) in [4.78, 5) is 20.7. The quantitative estimate of drug-likeness (QED) is 0.903. The van der Waals surface area contributed by atoms with Crippen LogP contribution in [-0.2, 0) is 0 Å². The van der Waals surface area contributed by atoms with Gasteiger partial charge in [-0.05, 0) is 44.0 Å². The van der Waals surface area contributed by atoms with E-state index < -0.39 is 0 Å². The molecule has 110 valence electrons. The van der Waals surface area contributed by atoms with Crippen LogP contribution in [0.5, 0.6) is 0 Å². The smallest absolute Gasteiger partial charge is 0.274 e. The van der Waals surface area contributed by atoms with E-state index in [2.05, 4.69) is 20.6 Å². The van der Waals surface area contributed by atoms with Gasteiger partial charge in [-0.25, -0.2) is 9.97 Å². The second-order valence-corrected chi connectivity index (χ2v) is 5.25. The molecule has 0 unspecified atom stereocenters. The molecule has 1 amide bonds. The molecule has 1 fully saturated rings. The Morgan fingerprint density at radius 3 is 2.64 bits per heavy atom. The molecule has 0 radical (unpaired) electrons. The van der Waals surface area contributed by atoms with E-state index >= 15 is 0 Å². The summed E-state index contributed by atoms with van der Waals surface area (Å²) < 4.78 is 0. The number of nitrogens with zero attached hydrogens (tertiary/aromatic N) is 3. The molecular formula is C16H15N5O. The van der Waals surface area contributed by atoms with Crippen molar-refractivity contribution in [1.29, 1.82) is 5.26 Å². The van der Waals surface area contributed by atoms with Gasteiger partial charge in [0.1, 0.15) is 17.3 Å². The molecule has 0 atom stereocenters. The van der Waals surface area contributed by atoms with E-state index in [1.165, 1.54) is 0 Å². The molecule has 1 aromatic carbocycles. The van der Waals surface area contributed by atoms with E-state index in [1.807, 2.05) is 6.07 Å². The van der Waals surface area contributed by atoms with Crippen LogP contribution >= 0.6 is 0 Å². The van der Waals surface area contributed by atoms with Crippen molar-refractivity contribution in [2.24, 2.45) is 0 Å². The number of nitriles is 1. The lowest BCUT2D eigenvalue weighted by molar-refractivity contribution is 0.102. The Hall–Kier alpha value is -2.94. The van der Waals surface area contributed by atoms with E-state index in [0.717, 1.165) is 12.8 Å². The number of amides is 1. The van der Waals surface area contributed by atoms with Crippen LogP contribution < -0.4 is 10.6 Å². The number of carbonyl (C=O) groups excluding carboxylic acids is 1. The molecule has 3 rings (SSSR count). The number of benzene rings is 1. The highest BCUT2D eigenvalue weighted by atomic mass is 16.1. The van der Waals surface area contributed by atoms with Gasteiger partial charge in [-0.15, -0.1) is 0 Å². The zero-order valence-corrected chi connectivity index (χ0v) is 12.1. The summed E-state index contributed by atoms with van der Waals surface area (Å²) in [7, 11) is 0. The van der Waals surface area contributed by atoms with Crippen LogP contribution in [0.2, 0.25) is 0 Å². The average Bonchev–Trinajstić information content (AvgIpc) is 3.31. The van der Waals surface area contributed by atoms with Crippen molar-refractivity contribution in [1.82, 2.24) is 9.97 Å². The van der Waals surface area contributed by atoms with Crippen molar-refractivity contribution in [2.75, 3.05) is 10.6 Å². The highest BCUT2D eigenvalue weighted by molar-refractivity contribution is 6.03. The summed E-state index contributed by atoms with van der Waals surface area (Å²) >= 11 is 0. The fourth-order valence-electron chi connectivity index (χ4n) is 2.02. The predicted molar refractivity (Wildman–Crippen MR) is 82.5 cm³/mol. The molecule has 6 heteroatoms. The lowest BCUT2D eigenvalue weighted by Gasteiger charge is -2.08. The molecule has 1 saturated carbocycles. The number of nitrogens with one attached hydrogen (secondary N) is 2. The van der Waals surface area contributed by atoms with Gasteiger partial charge in [0.2, 0.25) is 0 Å². The maximum Gasteiger partial charge on any atom is 0.274 e. The molecule has 1 aliphatic rings. The van der Waals surface area contributed by atoms with Crippen molar-refractivity contribution < 1.29 is 4.79 Å². The normalized spacial score (nSPS) is 13.3. The Kier molecular flexibility index (Phi) is 3.71. The first-order chi connectivity index (χ1) is 10.6. The van der Waals surface area contributed by atoms with Gasteiger partial charge in [0.05, 0.1) is 11.6 Å². The van der Waals surface area contributed by atoms with E-state index in [-0.39, 0.29) is 5.91 Å². The number of rotatable bonds is 4. The Balaban J connectivity index is 1.75. The summed E-state index contributed by atoms with van der Waals surface area (Å²) in [5, 5.41) is 14.8. The lowest BCUT2D eigenvalue weighted by atomic mass is 10.2. The number of aryl methyl sites for hydroxylation is 1. The fourth-order valence-corrected chi connectivity index (χ4v) is 2.02. The van der Waals surface area contributed by atoms with Gasteiger partial charge in [-0.3, -0.25) is 4.79 Å². The summed E-state index contributed by atoms with van der Waals surface area (Å²) in [6.45, 7) is 1.76. The minimum absolute atomic E-state index is 0.297. The summed E-state index contributed by atoms with van der Waals surface area (Å²) in [6, 6.07) is 10.8. The molecule has 0 spiro atoms. The highest BCUT2D eigenvalue weighted by Gasteiger charge is 2.22. The minimum Gasteiger partial charge on any atom is -0.367 e. The summed E-state index contributed by atoms with van der Waals surface area (Å²) in [5.41, 5.74) is 1.49. The molecule has 2 aromatic rings. The maximum atomic E-state index is 12.3. The Morgan fingerprint density at radius 1 is 1.27 bits per heavy atom. The average molecular weight is 293 g/mol. The first-order valence-corrected chi connectivity index (χ1v) is 7.08. The second kappa shape index (κ2) is 5.82. The maximum absolute atomic E-state index is 12.3. The Morgan fingerprint density at radius 2 is 2.00 bits per heavy atom. The lowest BCUT2D eigenvalue weighted by Crippen LogP contribution is -2.16. The summed E-state index contributed by atoms with van der Waals surface area (Å²) in [5.74, 6) is 0.935. The molecule has 1 aromatic heterocycles. The Bertz CT molecular complexity index is 744. The minimum atomic E-state index is -0.297. The highest BCUT2D eigenvalue weighted by Crippen LogP contribution is 2.24. The zero-order chi connectivity index (χ0) is 15.5. The molecule has 0 aliphatic heterocycles. The van der Waals surface area contributed by atoms with Gasteiger partial charge < -0.3 is 10.6 Å². The molecule has 2 N–H and O–H groups in total. The van der Waals surface area contributed by atoms with E-state index in [4.69, 9.17) is 5.26 Å². The van der Waals surface area contributed by atoms with Crippen molar-refractivity contribution >= 4 is 17.4 Å². The van der Waals surface area contributed by atoms with Crippen LogP contribution in [0.4, 0.5) is 11.5 Å². The molecule has 22 heavy (non-hydrogen) atoms. The van der Waals surface area contributed by atoms with Crippen LogP contribution in [-0.4, -0.2) is 21.9 Å². The fraction of sp³-hybridized carbons (Fsp3) is 0.250. The first-order valence-electron chi connectivity index (χ1n) is 7.08. The Labute approximate surface area is 128 Å². The molecule has 6 nitrogen and oxygen atoms in total. The topological polar surface area (TPSA) is 90.7 Å². The van der Waals surface area contributed by atoms with Crippen molar-refractivity contribution in [2.45, 2.75) is 25.8 Å². The largest absolute Gasteiger partial charge is 0.367 e. The van der Waals surface area contributed by atoms with Crippen LogP contribution in [0, 0.1) is 18.3 Å². The first kappa shape index (κ1) is 14.0. The number of hydrogen-bond donors (Lipinski definition) is 2. The van der Waals surface area contributed by atoms with Crippen LogP contribution in [0.15, 0.2) is 30.3 Å². The van der Waals surface area contributed by atoms with E-state index in [1.54, 1.807) is 37.3 Å². The third-order valence-corrected chi connectivity index (χ3v) is 3.27. The molecule has 0 bridgehead atoms. The van der Waals surface area contributed by atoms with Crippen molar-refractivity contribution in [3.05, 3.63) is 47.4 Å². The summed E-state index contributed by atoms with van der Waals surface area (Å²) in [6.07, 6.45) is 2.27. The monoisotopic (exact) mass is 293 g/mol. The van der Waals surface area contributed by atoms with Crippen molar-refractivity contribution in [3.8, 4) is 6.07 Å². The number of anilines is 2. The number of carbonyl (C=O) groups is 1. The van der Waals surface area contributed by atoms with Gasteiger partial charge >= 0.3 is 0 Å². The number of aromatic nitrogens is 2. The molecule has 0 saturated heterocycles. The second-order valence-electron chi connectivity index (χ2n) is 5.25. The molecular weight excluding hydrogens is 278 g/mol. The molecule has 1 heterocycles. The van der Waals surface area contributed by atoms with Gasteiger partial charge in [0.15, 0.2) is 0 Å². The van der Waals surface area contributed by atoms with Crippen LogP contribution in [0.3, 0.4) is 0 Å². The third-order valence-electron chi connectivity index (χ3n) is 3.27. The standard InChI is InChI=1S/C16H15N5O/c1-10-18-14(8-15(19-10)20-12-6-7-12)16(22)21-13-4-2-11(9-17)3-5-13/h2-5,8,12H,6-7H2,1H3,(H,21,22)(H,18,19,20). The van der Waals surface area contributed by atoms with Crippen LogP contribution in [0.25, 0.3) is 0 Å². The molecule has 1 aliphatic carbocycles. The van der Waals surface area contributed by atoms with Gasteiger partial charge in [-0.2, -0.15) is 5.26 Å². The van der Waals surface area contributed by atoms with Crippen LogP contribution in [0.1, 0.15) is 34.7 Å². The van der Waals surface area contributed by atoms with Gasteiger partial charge in [0, 0.05) is 17.8 Å².